The van der Waals surface area contributed by atoms with Crippen molar-refractivity contribution in [3.63, 3.8) is 0 Å². The van der Waals surface area contributed by atoms with Crippen LogP contribution < -0.4 is 0 Å². The zero-order valence-electron chi connectivity index (χ0n) is 28.3. The standard InChI is InChI=1S/C37H51NO9/c1-17-9-10-37(47-34(17)23-13-24(39)15-25(40)14-23)20(4)11-19(3)28(46-37)16-26-18(2)12-22-7-8-27(41)21(5)29(22)30(26)32(42)31-33(43)36(45)38(6)35(31)44/h12-15,17,19-22,26-30,34,36,39-42,45H,7-11,16H2,1-6H3/b32-31+/t17-,19-,20-,21-,22-,26+,27+,28+,29-,30-,34-,36?,37+/m0/s1. The summed E-state index contributed by atoms with van der Waals surface area (Å²) < 4.78 is 13.9. The van der Waals surface area contributed by atoms with Gasteiger partial charge < -0.3 is 39.9 Å². The Kier molecular flexibility index (Phi) is 9.04. The van der Waals surface area contributed by atoms with Crippen molar-refractivity contribution in [1.82, 2.24) is 4.90 Å². The van der Waals surface area contributed by atoms with E-state index in [1.54, 1.807) is 12.1 Å². The molecule has 1 aromatic carbocycles. The SMILES string of the molecule is CC1=C[C@@H]2CC[C@@H](O)[C@H](C)[C@@H]2[C@@H](/C(O)=C2/C(=O)C(O)N(C)C2=O)[C@@H]1C[C@H]1O[C@@]2(CC[C@H](C)[C@@H](c3cc(O)cc(O)c3)O2)[C@@H](C)C[C@@H]1C. The summed E-state index contributed by atoms with van der Waals surface area (Å²) in [5.41, 5.74) is 1.38. The van der Waals surface area contributed by atoms with Crippen molar-refractivity contribution in [2.45, 2.75) is 103 Å². The smallest absolute Gasteiger partial charge is 0.263 e. The number of hydrogen-bond donors (Lipinski definition) is 5. The number of aliphatic hydroxyl groups is 3. The first-order valence-electron chi connectivity index (χ1n) is 17.3. The molecule has 1 spiro atoms. The molecule has 3 saturated heterocycles. The van der Waals surface area contributed by atoms with Crippen molar-refractivity contribution >= 4 is 11.7 Å². The quantitative estimate of drug-likeness (QED) is 0.129. The molecular weight excluding hydrogens is 602 g/mol. The van der Waals surface area contributed by atoms with Crippen LogP contribution in [0.15, 0.2) is 41.2 Å². The van der Waals surface area contributed by atoms with Gasteiger partial charge in [0.1, 0.15) is 22.8 Å². The Balaban J connectivity index is 1.36. The third kappa shape index (κ3) is 5.79. The van der Waals surface area contributed by atoms with Crippen molar-refractivity contribution in [2.75, 3.05) is 7.05 Å². The maximum Gasteiger partial charge on any atom is 0.263 e. The molecule has 258 valence electrons. The average molecular weight is 654 g/mol. The molecule has 10 heteroatoms. The first-order chi connectivity index (χ1) is 22.1. The van der Waals surface area contributed by atoms with Crippen LogP contribution in [0.4, 0.5) is 0 Å². The molecule has 3 aliphatic heterocycles. The molecule has 2 aliphatic carbocycles. The highest BCUT2D eigenvalue weighted by atomic mass is 16.7. The third-order valence-electron chi connectivity index (χ3n) is 12.4. The summed E-state index contributed by atoms with van der Waals surface area (Å²) in [6.45, 7) is 10.4. The van der Waals surface area contributed by atoms with Crippen molar-refractivity contribution in [3.8, 4) is 11.5 Å². The lowest BCUT2D eigenvalue weighted by atomic mass is 9.56. The number of aromatic hydroxyl groups is 2. The summed E-state index contributed by atoms with van der Waals surface area (Å²) in [6.07, 6.45) is 3.56. The molecule has 3 heterocycles. The van der Waals surface area contributed by atoms with E-state index in [9.17, 15) is 35.1 Å². The molecule has 0 radical (unpaired) electrons. The summed E-state index contributed by atoms with van der Waals surface area (Å²) >= 11 is 0. The highest BCUT2D eigenvalue weighted by Gasteiger charge is 2.55. The lowest BCUT2D eigenvalue weighted by Gasteiger charge is -2.54. The molecule has 4 fully saturated rings. The van der Waals surface area contributed by atoms with Crippen LogP contribution in [-0.2, 0) is 19.1 Å². The molecule has 0 bridgehead atoms. The number of amides is 1. The molecule has 5 aliphatic rings. The van der Waals surface area contributed by atoms with Crippen LogP contribution in [0.3, 0.4) is 0 Å². The number of ether oxygens (including phenoxy) is 2. The van der Waals surface area contributed by atoms with Gasteiger partial charge in [0.25, 0.3) is 5.91 Å². The topological polar surface area (TPSA) is 157 Å². The summed E-state index contributed by atoms with van der Waals surface area (Å²) in [7, 11) is 1.35. The molecule has 1 amide bonds. The zero-order chi connectivity index (χ0) is 34.1. The molecule has 10 nitrogen and oxygen atoms in total. The van der Waals surface area contributed by atoms with Crippen LogP contribution >= 0.6 is 0 Å². The van der Waals surface area contributed by atoms with E-state index in [1.807, 2.05) is 13.8 Å². The number of rotatable bonds is 4. The van der Waals surface area contributed by atoms with Gasteiger partial charge in [0, 0.05) is 31.4 Å². The largest absolute Gasteiger partial charge is 0.511 e. The molecule has 1 saturated carbocycles. The molecular formula is C37H51NO9. The number of benzene rings is 1. The molecule has 5 N–H and O–H groups in total. The number of allylic oxidation sites excluding steroid dienone is 3. The van der Waals surface area contributed by atoms with Gasteiger partial charge in [-0.2, -0.15) is 0 Å². The second-order valence-corrected chi connectivity index (χ2v) is 15.4. The number of nitrogens with zero attached hydrogens (tertiary/aromatic N) is 1. The van der Waals surface area contributed by atoms with E-state index < -0.39 is 41.8 Å². The number of carbonyl (C=O) groups is 2. The van der Waals surface area contributed by atoms with Gasteiger partial charge in [-0.15, -0.1) is 0 Å². The fourth-order valence-electron chi connectivity index (χ4n) is 9.58. The van der Waals surface area contributed by atoms with Gasteiger partial charge in [-0.1, -0.05) is 39.3 Å². The van der Waals surface area contributed by atoms with Crippen molar-refractivity contribution in [1.29, 1.82) is 0 Å². The third-order valence-corrected chi connectivity index (χ3v) is 12.4. The Bertz CT molecular complexity index is 1430. The van der Waals surface area contributed by atoms with E-state index in [-0.39, 0.29) is 70.4 Å². The van der Waals surface area contributed by atoms with E-state index in [0.29, 0.717) is 24.8 Å². The number of aliphatic hydroxyl groups excluding tert-OH is 3. The number of phenols is 2. The van der Waals surface area contributed by atoms with Crippen molar-refractivity contribution in [2.24, 2.45) is 47.3 Å². The second-order valence-electron chi connectivity index (χ2n) is 15.4. The molecule has 47 heavy (non-hydrogen) atoms. The number of fused-ring (bicyclic) bond motifs is 1. The molecule has 0 aromatic heterocycles. The fourth-order valence-corrected chi connectivity index (χ4v) is 9.58. The van der Waals surface area contributed by atoms with E-state index in [2.05, 4.69) is 26.8 Å². The number of likely N-dealkylation sites (tertiary alicyclic amines) is 1. The zero-order valence-corrected chi connectivity index (χ0v) is 28.3. The van der Waals surface area contributed by atoms with Gasteiger partial charge in [0.2, 0.25) is 5.78 Å². The number of likely N-dealkylation sites (N-methyl/N-ethyl adjacent to an activating group) is 1. The lowest BCUT2D eigenvalue weighted by Crippen LogP contribution is -2.55. The molecule has 13 atom stereocenters. The lowest BCUT2D eigenvalue weighted by molar-refractivity contribution is -0.356. The van der Waals surface area contributed by atoms with Gasteiger partial charge in [-0.25, -0.2) is 0 Å². The Morgan fingerprint density at radius 3 is 2.30 bits per heavy atom. The van der Waals surface area contributed by atoms with E-state index >= 15 is 0 Å². The first-order valence-corrected chi connectivity index (χ1v) is 17.3. The predicted molar refractivity (Wildman–Crippen MR) is 173 cm³/mol. The van der Waals surface area contributed by atoms with Gasteiger partial charge >= 0.3 is 0 Å². The van der Waals surface area contributed by atoms with Crippen LogP contribution in [0.2, 0.25) is 0 Å². The average Bonchev–Trinajstić information content (AvgIpc) is 3.20. The molecule has 1 unspecified atom stereocenters. The summed E-state index contributed by atoms with van der Waals surface area (Å²) in [5, 5.41) is 53.8. The molecule has 1 aromatic rings. The number of carbonyl (C=O) groups excluding carboxylic acids is 2. The van der Waals surface area contributed by atoms with Gasteiger partial charge in [0.05, 0.1) is 18.3 Å². The minimum Gasteiger partial charge on any atom is -0.511 e. The van der Waals surface area contributed by atoms with E-state index in [1.165, 1.54) is 13.1 Å². The van der Waals surface area contributed by atoms with Gasteiger partial charge in [0.15, 0.2) is 12.0 Å². The fraction of sp³-hybridized carbons (Fsp3) is 0.676. The summed E-state index contributed by atoms with van der Waals surface area (Å²) in [5.74, 6) is -3.71. The number of ketones is 1. The number of hydrogen-bond acceptors (Lipinski definition) is 9. The summed E-state index contributed by atoms with van der Waals surface area (Å²) in [6, 6.07) is 4.55. The minimum absolute atomic E-state index is 0.0302. The summed E-state index contributed by atoms with van der Waals surface area (Å²) in [4.78, 5) is 27.3. The Labute approximate surface area is 277 Å². The van der Waals surface area contributed by atoms with Gasteiger partial charge in [-0.3, -0.25) is 9.59 Å². The second kappa shape index (κ2) is 12.5. The van der Waals surface area contributed by atoms with Crippen molar-refractivity contribution < 1.29 is 44.6 Å². The van der Waals surface area contributed by atoms with Gasteiger partial charge in [-0.05, 0) is 92.2 Å². The van der Waals surface area contributed by atoms with Crippen LogP contribution in [0, 0.1) is 47.3 Å². The van der Waals surface area contributed by atoms with E-state index in [0.717, 1.165) is 29.7 Å². The highest BCUT2D eigenvalue weighted by molar-refractivity contribution is 6.26. The Hall–Kier alpha value is -2.92. The maximum atomic E-state index is 13.2. The van der Waals surface area contributed by atoms with Crippen molar-refractivity contribution in [3.05, 3.63) is 46.7 Å². The normalized spacial score (nSPS) is 43.6. The Morgan fingerprint density at radius 1 is 0.979 bits per heavy atom. The minimum atomic E-state index is -1.64. The maximum absolute atomic E-state index is 13.2. The first kappa shape index (κ1) is 34.0. The highest BCUT2D eigenvalue weighted by Crippen LogP contribution is 2.55. The molecule has 6 rings (SSSR count). The number of phenolic OH excluding ortho intramolecular Hbond substituents is 2. The number of Topliss-reactive ketones (excluding diaryl/α,β-unsaturated/α-hetero) is 1. The van der Waals surface area contributed by atoms with E-state index in [4.69, 9.17) is 9.47 Å². The van der Waals surface area contributed by atoms with Crippen LogP contribution in [0.1, 0.15) is 84.8 Å². The Morgan fingerprint density at radius 2 is 1.66 bits per heavy atom. The monoisotopic (exact) mass is 653 g/mol. The predicted octanol–water partition coefficient (Wildman–Crippen LogP) is 5.12. The van der Waals surface area contributed by atoms with Crippen LogP contribution in [0.25, 0.3) is 0 Å². The van der Waals surface area contributed by atoms with Crippen LogP contribution in [0.5, 0.6) is 11.5 Å². The van der Waals surface area contributed by atoms with Crippen LogP contribution in [-0.4, -0.2) is 73.4 Å².